The predicted octanol–water partition coefficient (Wildman–Crippen LogP) is 2.49. The largest absolute Gasteiger partial charge is 0.460 e. The molecule has 1 aromatic rings. The molecule has 9 nitrogen and oxygen atoms in total. The Morgan fingerprint density at radius 2 is 1.97 bits per heavy atom. The predicted molar refractivity (Wildman–Crippen MR) is 116 cm³/mol. The molecule has 9 heteroatoms. The van der Waals surface area contributed by atoms with Crippen molar-refractivity contribution in [2.75, 3.05) is 27.3 Å². The SMILES string of the molecule is CN(C)C=Nc1ccn([C@@H]2CO[C@H](COC(=O)CC34CC5CC(CC(C5)C3)C4)O2)c(=O)n1. The Hall–Kier alpha value is -2.26. The van der Waals surface area contributed by atoms with Crippen molar-refractivity contribution in [3.05, 3.63) is 22.7 Å². The lowest BCUT2D eigenvalue weighted by molar-refractivity contribution is -0.166. The Labute approximate surface area is 187 Å². The van der Waals surface area contributed by atoms with Crippen LogP contribution in [0, 0.1) is 23.2 Å². The smallest absolute Gasteiger partial charge is 0.351 e. The number of carbonyl (C=O) groups excluding carboxylic acids is 1. The highest BCUT2D eigenvalue weighted by atomic mass is 16.7. The van der Waals surface area contributed by atoms with E-state index in [0.717, 1.165) is 17.8 Å². The van der Waals surface area contributed by atoms with E-state index in [2.05, 4.69) is 9.98 Å². The molecule has 32 heavy (non-hydrogen) atoms. The summed E-state index contributed by atoms with van der Waals surface area (Å²) in [4.78, 5) is 34.8. The first-order valence-corrected chi connectivity index (χ1v) is 11.6. The van der Waals surface area contributed by atoms with Gasteiger partial charge in [0, 0.05) is 20.3 Å². The molecule has 1 saturated heterocycles. The first kappa shape index (κ1) is 21.6. The molecule has 6 rings (SSSR count). The highest BCUT2D eigenvalue weighted by molar-refractivity contribution is 5.70. The van der Waals surface area contributed by atoms with E-state index in [1.54, 1.807) is 23.5 Å². The van der Waals surface area contributed by atoms with E-state index >= 15 is 0 Å². The minimum atomic E-state index is -0.682. The Balaban J connectivity index is 1.12. The summed E-state index contributed by atoms with van der Waals surface area (Å²) >= 11 is 0. The minimum Gasteiger partial charge on any atom is -0.460 e. The van der Waals surface area contributed by atoms with E-state index < -0.39 is 18.2 Å². The number of rotatable bonds is 7. The Morgan fingerprint density at radius 1 is 1.28 bits per heavy atom. The lowest BCUT2D eigenvalue weighted by Crippen LogP contribution is -2.47. The fraction of sp³-hybridized carbons (Fsp3) is 0.739. The van der Waals surface area contributed by atoms with E-state index in [0.29, 0.717) is 12.2 Å². The zero-order valence-corrected chi connectivity index (χ0v) is 18.8. The molecule has 1 aliphatic heterocycles. The van der Waals surface area contributed by atoms with Gasteiger partial charge in [0.25, 0.3) is 0 Å². The molecular formula is C23H32N4O5. The van der Waals surface area contributed by atoms with Crippen LogP contribution in [0.3, 0.4) is 0 Å². The summed E-state index contributed by atoms with van der Waals surface area (Å²) in [5.74, 6) is 2.59. The molecule has 5 aliphatic rings. The number of aromatic nitrogens is 2. The summed E-state index contributed by atoms with van der Waals surface area (Å²) in [6, 6.07) is 1.64. The zero-order valence-electron chi connectivity index (χ0n) is 18.8. The van der Waals surface area contributed by atoms with Crippen LogP contribution in [0.1, 0.15) is 51.2 Å². The third kappa shape index (κ3) is 4.59. The van der Waals surface area contributed by atoms with Gasteiger partial charge in [-0.3, -0.25) is 9.36 Å². The van der Waals surface area contributed by atoms with Crippen LogP contribution in [0.2, 0.25) is 0 Å². The van der Waals surface area contributed by atoms with Crippen LogP contribution in [0.25, 0.3) is 0 Å². The van der Waals surface area contributed by atoms with E-state index in [1.807, 2.05) is 14.1 Å². The van der Waals surface area contributed by atoms with Crippen LogP contribution in [0.4, 0.5) is 5.82 Å². The second-order valence-electron chi connectivity index (χ2n) is 10.3. The maximum atomic E-state index is 12.6. The van der Waals surface area contributed by atoms with Crippen molar-refractivity contribution in [3.8, 4) is 0 Å². The molecule has 4 saturated carbocycles. The second-order valence-corrected chi connectivity index (χ2v) is 10.3. The van der Waals surface area contributed by atoms with Crippen molar-refractivity contribution in [2.24, 2.45) is 28.2 Å². The molecule has 0 radical (unpaired) electrons. The van der Waals surface area contributed by atoms with Gasteiger partial charge in [0.1, 0.15) is 6.61 Å². The monoisotopic (exact) mass is 444 g/mol. The average Bonchev–Trinajstić information content (AvgIpc) is 3.18. The van der Waals surface area contributed by atoms with Gasteiger partial charge < -0.3 is 19.1 Å². The van der Waals surface area contributed by atoms with Crippen LogP contribution < -0.4 is 5.69 Å². The normalized spacial score (nSPS) is 35.5. The fourth-order valence-corrected chi connectivity index (χ4v) is 6.57. The summed E-state index contributed by atoms with van der Waals surface area (Å²) in [6.45, 7) is 0.230. The van der Waals surface area contributed by atoms with Gasteiger partial charge in [0.2, 0.25) is 0 Å². The quantitative estimate of drug-likeness (QED) is 0.362. The Morgan fingerprint density at radius 3 is 2.59 bits per heavy atom. The third-order valence-corrected chi connectivity index (χ3v) is 7.34. The van der Waals surface area contributed by atoms with Gasteiger partial charge in [-0.05, 0) is 67.8 Å². The highest BCUT2D eigenvalue weighted by Crippen LogP contribution is 2.61. The van der Waals surface area contributed by atoms with E-state index in [-0.39, 0.29) is 24.6 Å². The molecule has 4 aliphatic carbocycles. The summed E-state index contributed by atoms with van der Waals surface area (Å²) in [5.41, 5.74) is -0.312. The molecule has 174 valence electrons. The van der Waals surface area contributed by atoms with Crippen molar-refractivity contribution in [3.63, 3.8) is 0 Å². The summed E-state index contributed by atoms with van der Waals surface area (Å²) in [5, 5.41) is 0. The van der Waals surface area contributed by atoms with Crippen molar-refractivity contribution in [1.82, 2.24) is 14.5 Å². The molecule has 1 aromatic heterocycles. The average molecular weight is 445 g/mol. The number of carbonyl (C=O) groups is 1. The van der Waals surface area contributed by atoms with Gasteiger partial charge in [-0.25, -0.2) is 9.79 Å². The van der Waals surface area contributed by atoms with Gasteiger partial charge >= 0.3 is 11.7 Å². The molecule has 0 spiro atoms. The Kier molecular flexibility index (Phi) is 5.79. The molecule has 0 unspecified atom stereocenters. The molecule has 5 fully saturated rings. The maximum absolute atomic E-state index is 12.6. The molecule has 2 atom stereocenters. The number of nitrogens with zero attached hydrogens (tertiary/aromatic N) is 4. The van der Waals surface area contributed by atoms with Gasteiger partial charge in [-0.1, -0.05) is 0 Å². The molecular weight excluding hydrogens is 412 g/mol. The molecule has 0 N–H and O–H groups in total. The van der Waals surface area contributed by atoms with Gasteiger partial charge in [0.15, 0.2) is 18.3 Å². The topological polar surface area (TPSA) is 95.3 Å². The molecule has 4 bridgehead atoms. The van der Waals surface area contributed by atoms with Crippen LogP contribution >= 0.6 is 0 Å². The maximum Gasteiger partial charge on any atom is 0.351 e. The fourth-order valence-electron chi connectivity index (χ4n) is 6.57. The Bertz CT molecular complexity index is 907. The first-order valence-electron chi connectivity index (χ1n) is 11.6. The van der Waals surface area contributed by atoms with E-state index in [9.17, 15) is 9.59 Å². The number of ether oxygens (including phenoxy) is 3. The lowest BCUT2D eigenvalue weighted by atomic mass is 9.49. The second kappa shape index (κ2) is 8.59. The van der Waals surface area contributed by atoms with Crippen LogP contribution in [-0.4, -0.2) is 60.4 Å². The van der Waals surface area contributed by atoms with Crippen molar-refractivity contribution < 1.29 is 19.0 Å². The third-order valence-electron chi connectivity index (χ3n) is 7.34. The molecule has 0 amide bonds. The number of aliphatic imine (C=N–C) groups is 1. The lowest BCUT2D eigenvalue weighted by Gasteiger charge is -2.56. The van der Waals surface area contributed by atoms with Gasteiger partial charge in [-0.15, -0.1) is 0 Å². The van der Waals surface area contributed by atoms with Crippen LogP contribution in [-0.2, 0) is 19.0 Å². The molecule has 0 aromatic carbocycles. The summed E-state index contributed by atoms with van der Waals surface area (Å²) in [6.07, 6.45) is 10.00. The minimum absolute atomic E-state index is 0.0368. The summed E-state index contributed by atoms with van der Waals surface area (Å²) < 4.78 is 18.3. The molecule has 2 heterocycles. The van der Waals surface area contributed by atoms with Gasteiger partial charge in [-0.2, -0.15) is 4.98 Å². The van der Waals surface area contributed by atoms with Crippen molar-refractivity contribution >= 4 is 18.1 Å². The van der Waals surface area contributed by atoms with Crippen molar-refractivity contribution in [1.29, 1.82) is 0 Å². The summed E-state index contributed by atoms with van der Waals surface area (Å²) in [7, 11) is 3.68. The standard InChI is InChI=1S/C23H32N4O5/c1-26(2)14-24-18-3-4-27(22(29)25-18)19-12-31-21(32-19)13-30-20(28)11-23-8-15-5-16(9-23)7-17(6-15)10-23/h3-4,14-17,19,21H,5-13H2,1-2H3/t15?,16?,17?,19-,21-,23?/m0/s1. The van der Waals surface area contributed by atoms with Crippen LogP contribution in [0.15, 0.2) is 22.1 Å². The van der Waals surface area contributed by atoms with Crippen molar-refractivity contribution in [2.45, 2.75) is 57.5 Å². The van der Waals surface area contributed by atoms with E-state index in [1.165, 1.54) is 43.1 Å². The van der Waals surface area contributed by atoms with Crippen LogP contribution in [0.5, 0.6) is 0 Å². The first-order chi connectivity index (χ1) is 15.4. The van der Waals surface area contributed by atoms with E-state index in [4.69, 9.17) is 14.2 Å². The number of hydrogen-bond donors (Lipinski definition) is 0. The zero-order chi connectivity index (χ0) is 22.3. The number of esters is 1. The number of hydrogen-bond acceptors (Lipinski definition) is 7. The van der Waals surface area contributed by atoms with Gasteiger partial charge in [0.05, 0.1) is 19.4 Å². The highest BCUT2D eigenvalue weighted by Gasteiger charge is 2.51.